The second-order valence-corrected chi connectivity index (χ2v) is 4.40. The molecule has 1 aromatic heterocycles. The molecule has 8 nitrogen and oxygen atoms in total. The summed E-state index contributed by atoms with van der Waals surface area (Å²) >= 11 is 11.5. The number of halogens is 3. The van der Waals surface area contributed by atoms with Crippen molar-refractivity contribution >= 4 is 34.8 Å². The summed E-state index contributed by atoms with van der Waals surface area (Å²) in [4.78, 5) is 17.3. The van der Waals surface area contributed by atoms with Gasteiger partial charge in [-0.1, -0.05) is 23.2 Å². The summed E-state index contributed by atoms with van der Waals surface area (Å²) in [7, 11) is 0. The van der Waals surface area contributed by atoms with Crippen molar-refractivity contribution in [2.45, 2.75) is 0 Å². The predicted octanol–water partition coefficient (Wildman–Crippen LogP) is 2.91. The molecule has 0 aliphatic heterocycles. The van der Waals surface area contributed by atoms with E-state index in [9.17, 15) is 14.5 Å². The van der Waals surface area contributed by atoms with Crippen molar-refractivity contribution in [3.63, 3.8) is 0 Å². The fraction of sp³-hybridized carbons (Fsp3) is 0. The molecule has 0 aliphatic rings. The summed E-state index contributed by atoms with van der Waals surface area (Å²) in [6.07, 6.45) is 0.793. The number of benzene rings is 1. The van der Waals surface area contributed by atoms with Crippen LogP contribution in [0.3, 0.4) is 0 Å². The van der Waals surface area contributed by atoms with Gasteiger partial charge in [-0.05, 0) is 0 Å². The third-order valence-electron chi connectivity index (χ3n) is 2.25. The molecular formula is C10H6Cl2FN5O3. The van der Waals surface area contributed by atoms with Gasteiger partial charge in [0.15, 0.2) is 0 Å². The molecule has 0 fully saturated rings. The van der Waals surface area contributed by atoms with Gasteiger partial charge in [0.05, 0.1) is 21.2 Å². The first-order valence-electron chi connectivity index (χ1n) is 5.23. The maximum absolute atomic E-state index is 13.6. The number of nitrogens with two attached hydrogens (primary N) is 1. The van der Waals surface area contributed by atoms with E-state index < -0.39 is 22.3 Å². The summed E-state index contributed by atoms with van der Waals surface area (Å²) in [6, 6.07) is 2.07. The lowest BCUT2D eigenvalue weighted by Crippen LogP contribution is -2.11. The Morgan fingerprint density at radius 3 is 2.67 bits per heavy atom. The number of hydrogen-bond acceptors (Lipinski definition) is 7. The van der Waals surface area contributed by atoms with Gasteiger partial charge in [0, 0.05) is 12.1 Å². The second kappa shape index (κ2) is 6.04. The van der Waals surface area contributed by atoms with Gasteiger partial charge >= 0.3 is 5.69 Å². The Morgan fingerprint density at radius 1 is 1.38 bits per heavy atom. The molecule has 3 N–H and O–H groups in total. The summed E-state index contributed by atoms with van der Waals surface area (Å²) < 4.78 is 18.6. The average molecular weight is 334 g/mol. The fourth-order valence-electron chi connectivity index (χ4n) is 1.34. The number of rotatable bonds is 4. The molecule has 0 aliphatic carbocycles. The van der Waals surface area contributed by atoms with Crippen LogP contribution in [0.2, 0.25) is 10.0 Å². The van der Waals surface area contributed by atoms with E-state index in [4.69, 9.17) is 33.8 Å². The number of nitrogen functional groups attached to an aromatic ring is 1. The minimum atomic E-state index is -0.936. The maximum atomic E-state index is 13.6. The van der Waals surface area contributed by atoms with Crippen LogP contribution in [0.5, 0.6) is 11.6 Å². The molecule has 1 heterocycles. The van der Waals surface area contributed by atoms with E-state index in [1.165, 1.54) is 0 Å². The van der Waals surface area contributed by atoms with E-state index in [0.717, 1.165) is 18.3 Å². The molecule has 11 heteroatoms. The smallest absolute Gasteiger partial charge is 0.313 e. The van der Waals surface area contributed by atoms with Crippen LogP contribution in [0.15, 0.2) is 18.3 Å². The van der Waals surface area contributed by atoms with Crippen LogP contribution in [0.1, 0.15) is 0 Å². The van der Waals surface area contributed by atoms with Crippen molar-refractivity contribution in [2.24, 2.45) is 5.84 Å². The normalized spacial score (nSPS) is 10.3. The van der Waals surface area contributed by atoms with Crippen LogP contribution in [0.25, 0.3) is 0 Å². The molecule has 0 spiro atoms. The monoisotopic (exact) mass is 333 g/mol. The zero-order chi connectivity index (χ0) is 15.6. The second-order valence-electron chi connectivity index (χ2n) is 3.58. The molecule has 2 rings (SSSR count). The van der Waals surface area contributed by atoms with Crippen molar-refractivity contribution in [3.05, 3.63) is 44.3 Å². The van der Waals surface area contributed by atoms with Gasteiger partial charge in [-0.25, -0.2) is 10.8 Å². The molecular weight excluding hydrogens is 328 g/mol. The Labute approximate surface area is 126 Å². The number of ether oxygens (including phenoxy) is 1. The summed E-state index contributed by atoms with van der Waals surface area (Å²) in [6.45, 7) is 0. The zero-order valence-electron chi connectivity index (χ0n) is 10.0. The topological polar surface area (TPSA) is 116 Å². The number of nitro groups is 1. The van der Waals surface area contributed by atoms with E-state index in [-0.39, 0.29) is 21.7 Å². The Morgan fingerprint density at radius 2 is 2.05 bits per heavy atom. The Bertz CT molecular complexity index is 715. The predicted molar refractivity (Wildman–Crippen MR) is 73.0 cm³/mol. The highest BCUT2D eigenvalue weighted by Crippen LogP contribution is 2.38. The first-order chi connectivity index (χ1) is 9.92. The molecule has 0 amide bonds. The van der Waals surface area contributed by atoms with E-state index in [2.05, 4.69) is 15.4 Å². The lowest BCUT2D eigenvalue weighted by molar-refractivity contribution is -0.385. The third-order valence-corrected chi connectivity index (χ3v) is 2.97. The molecule has 0 saturated heterocycles. The highest BCUT2D eigenvalue weighted by atomic mass is 35.5. The van der Waals surface area contributed by atoms with Gasteiger partial charge in [-0.2, -0.15) is 9.37 Å². The van der Waals surface area contributed by atoms with Gasteiger partial charge in [-0.15, -0.1) is 0 Å². The molecule has 0 unspecified atom stereocenters. The quantitative estimate of drug-likeness (QED) is 0.501. The number of nitro benzene ring substituents is 1. The van der Waals surface area contributed by atoms with Gasteiger partial charge in [0.2, 0.25) is 17.5 Å². The van der Waals surface area contributed by atoms with Crippen LogP contribution in [0, 0.1) is 15.9 Å². The first kappa shape index (κ1) is 15.2. The van der Waals surface area contributed by atoms with E-state index >= 15 is 0 Å². The lowest BCUT2D eigenvalue weighted by Gasteiger charge is -2.08. The molecule has 110 valence electrons. The molecule has 0 saturated carbocycles. The third kappa shape index (κ3) is 3.27. The molecule has 0 radical (unpaired) electrons. The Kier molecular flexibility index (Phi) is 4.36. The molecule has 0 atom stereocenters. The van der Waals surface area contributed by atoms with Crippen molar-refractivity contribution in [1.82, 2.24) is 9.97 Å². The summed E-state index contributed by atoms with van der Waals surface area (Å²) in [5.74, 6) is 3.14. The molecule has 21 heavy (non-hydrogen) atoms. The summed E-state index contributed by atoms with van der Waals surface area (Å²) in [5.41, 5.74) is 1.59. The van der Waals surface area contributed by atoms with Gasteiger partial charge in [0.1, 0.15) is 0 Å². The molecule has 0 bridgehead atoms. The highest BCUT2D eigenvalue weighted by molar-refractivity contribution is 6.42. The number of aromatic nitrogens is 2. The van der Waals surface area contributed by atoms with E-state index in [1.54, 1.807) is 0 Å². The number of hydrazine groups is 1. The van der Waals surface area contributed by atoms with Crippen LogP contribution < -0.4 is 16.0 Å². The minimum Gasteiger partial charge on any atom is -0.429 e. The van der Waals surface area contributed by atoms with Crippen molar-refractivity contribution in [2.75, 3.05) is 5.43 Å². The fourth-order valence-corrected chi connectivity index (χ4v) is 1.65. The lowest BCUT2D eigenvalue weighted by atomic mass is 10.3. The largest absolute Gasteiger partial charge is 0.429 e. The number of nitrogens with zero attached hydrogens (tertiary/aromatic N) is 3. The van der Waals surface area contributed by atoms with Crippen molar-refractivity contribution in [3.8, 4) is 11.6 Å². The van der Waals surface area contributed by atoms with E-state index in [1.807, 2.05) is 0 Å². The standard InChI is InChI=1S/C10H6Cl2FN5O3/c11-4-1-7(18(19)20)8(2-5(4)12)21-9-6(13)3-15-10(16-9)17-14/h1-3H,14H2,(H,15,16,17). The van der Waals surface area contributed by atoms with Crippen LogP contribution >= 0.6 is 23.2 Å². The van der Waals surface area contributed by atoms with Crippen molar-refractivity contribution in [1.29, 1.82) is 0 Å². The van der Waals surface area contributed by atoms with Crippen LogP contribution in [0.4, 0.5) is 16.0 Å². The number of anilines is 1. The SMILES string of the molecule is NNc1ncc(F)c(Oc2cc(Cl)c(Cl)cc2[N+](=O)[O-])n1. The first-order valence-corrected chi connectivity index (χ1v) is 5.98. The molecule has 2 aromatic rings. The number of hydrogen-bond donors (Lipinski definition) is 2. The van der Waals surface area contributed by atoms with Crippen LogP contribution in [-0.2, 0) is 0 Å². The van der Waals surface area contributed by atoms with Crippen molar-refractivity contribution < 1.29 is 14.1 Å². The molecule has 1 aromatic carbocycles. The Hall–Kier alpha value is -2.23. The van der Waals surface area contributed by atoms with Gasteiger partial charge in [-0.3, -0.25) is 15.5 Å². The Balaban J connectivity index is 2.48. The van der Waals surface area contributed by atoms with Gasteiger partial charge < -0.3 is 4.74 Å². The summed E-state index contributed by atoms with van der Waals surface area (Å²) in [5, 5.41) is 10.9. The average Bonchev–Trinajstić information content (AvgIpc) is 2.44. The van der Waals surface area contributed by atoms with E-state index in [0.29, 0.717) is 0 Å². The zero-order valence-corrected chi connectivity index (χ0v) is 11.5. The number of nitrogens with one attached hydrogen (secondary N) is 1. The highest BCUT2D eigenvalue weighted by Gasteiger charge is 2.21. The van der Waals surface area contributed by atoms with Crippen LogP contribution in [-0.4, -0.2) is 14.9 Å². The minimum absolute atomic E-state index is 0.00362. The maximum Gasteiger partial charge on any atom is 0.313 e. The van der Waals surface area contributed by atoms with Gasteiger partial charge in [0.25, 0.3) is 5.88 Å².